The molecule has 1 unspecified atom stereocenters. The van der Waals surface area contributed by atoms with Crippen LogP contribution in [0.25, 0.3) is 6.08 Å². The first-order valence-corrected chi connectivity index (χ1v) is 9.53. The van der Waals surface area contributed by atoms with Gasteiger partial charge in [-0.15, -0.1) is 0 Å². The van der Waals surface area contributed by atoms with Crippen molar-refractivity contribution in [3.63, 3.8) is 0 Å². The Morgan fingerprint density at radius 3 is 2.29 bits per heavy atom. The van der Waals surface area contributed by atoms with E-state index >= 15 is 0 Å². The summed E-state index contributed by atoms with van der Waals surface area (Å²) in [5.74, 6) is 0.0184. The van der Waals surface area contributed by atoms with E-state index in [0.29, 0.717) is 5.56 Å². The monoisotopic (exact) mass is 435 g/mol. The van der Waals surface area contributed by atoms with Gasteiger partial charge in [-0.1, -0.05) is 0 Å². The van der Waals surface area contributed by atoms with E-state index in [0.717, 1.165) is 6.07 Å². The molecule has 10 heteroatoms. The number of hydrogen-bond acceptors (Lipinski definition) is 9. The van der Waals surface area contributed by atoms with Crippen LogP contribution in [0.15, 0.2) is 42.2 Å². The van der Waals surface area contributed by atoms with Gasteiger partial charge in [-0.3, -0.25) is 0 Å². The maximum Gasteiger partial charge on any atom is 0.270 e. The molecule has 0 amide bonds. The van der Waals surface area contributed by atoms with Crippen molar-refractivity contribution in [3.05, 3.63) is 53.3 Å². The molecule has 0 radical (unpaired) electrons. The largest absolute Gasteiger partial charge is 0.571 e. The minimum atomic E-state index is -1.63. The third-order valence-electron chi connectivity index (χ3n) is 5.25. The van der Waals surface area contributed by atoms with Crippen LogP contribution in [-0.4, -0.2) is 77.8 Å². The van der Waals surface area contributed by atoms with E-state index in [2.05, 4.69) is 4.74 Å². The lowest BCUT2D eigenvalue weighted by molar-refractivity contribution is -0.295. The second-order valence-electron chi connectivity index (χ2n) is 7.38. The maximum absolute atomic E-state index is 10.3. The lowest BCUT2D eigenvalue weighted by atomic mass is 9.98. The average Bonchev–Trinajstić information content (AvgIpc) is 2.74. The van der Waals surface area contributed by atoms with Crippen molar-refractivity contribution < 1.29 is 50.0 Å². The van der Waals surface area contributed by atoms with E-state index in [1.807, 2.05) is 0 Å². The van der Waals surface area contributed by atoms with Crippen LogP contribution in [0.1, 0.15) is 17.2 Å². The number of ether oxygens (including phenoxy) is 3. The molecule has 0 bridgehead atoms. The number of aliphatic hydroxyl groups excluding tert-OH is 4. The van der Waals surface area contributed by atoms with Gasteiger partial charge in [0.15, 0.2) is 5.76 Å². The summed E-state index contributed by atoms with van der Waals surface area (Å²) < 4.78 is 15.7. The van der Waals surface area contributed by atoms with Crippen LogP contribution in [0.5, 0.6) is 23.0 Å². The molecule has 8 N–H and O–H groups in total. The number of fused-ring (bicyclic) bond motifs is 1. The highest BCUT2D eigenvalue weighted by atomic mass is 16.7. The van der Waals surface area contributed by atoms with Crippen LogP contribution >= 0.6 is 0 Å². The van der Waals surface area contributed by atoms with Crippen molar-refractivity contribution in [2.75, 3.05) is 6.61 Å². The van der Waals surface area contributed by atoms with Gasteiger partial charge >= 0.3 is 0 Å². The molecule has 0 saturated carbocycles. The maximum atomic E-state index is 10.3. The molecule has 166 valence electrons. The van der Waals surface area contributed by atoms with Gasteiger partial charge in [-0.2, -0.15) is 0 Å². The van der Waals surface area contributed by atoms with Gasteiger partial charge in [-0.25, -0.2) is 0 Å². The first kappa shape index (κ1) is 21.2. The number of aromatic hydroxyl groups is 4. The Kier molecular flexibility index (Phi) is 5.65. The Morgan fingerprint density at radius 2 is 1.61 bits per heavy atom. The van der Waals surface area contributed by atoms with Crippen molar-refractivity contribution in [3.8, 4) is 23.0 Å². The molecular formula is C21H23O10+. The zero-order chi connectivity index (χ0) is 22.3. The van der Waals surface area contributed by atoms with E-state index in [9.17, 15) is 35.7 Å². The molecule has 2 aromatic carbocycles. The van der Waals surface area contributed by atoms with Gasteiger partial charge in [0, 0.05) is 12.1 Å². The quantitative estimate of drug-likeness (QED) is 0.325. The van der Waals surface area contributed by atoms with Gasteiger partial charge in [0.1, 0.15) is 47.2 Å². The topological polar surface area (TPSA) is 173 Å². The number of benzene rings is 2. The fraction of sp³-hybridized carbons (Fsp3) is 0.333. The normalized spacial score (nSPS) is 30.1. The molecule has 2 aromatic rings. The van der Waals surface area contributed by atoms with Crippen molar-refractivity contribution in [2.24, 2.45) is 0 Å². The number of aliphatic hydroxyl groups is 5. The standard InChI is InChI=1S/C21H22O10/c22-8-16-17(26)18(27)19(28)21(31-16)30-15-7-12-13(25)5-11(24)6-14(12)29-20(15)9-1-3-10(23)4-2-9/h1-7,16-28H,8H2/p+1/t16-,17-,18+,19-,20?,21-/m1/s1. The molecule has 0 aromatic heterocycles. The van der Waals surface area contributed by atoms with Gasteiger partial charge in [0.2, 0.25) is 6.29 Å². The number of phenols is 3. The van der Waals surface area contributed by atoms with E-state index in [1.165, 1.54) is 24.3 Å². The summed E-state index contributed by atoms with van der Waals surface area (Å²) in [5, 5.41) is 69.3. The first-order chi connectivity index (χ1) is 14.8. The zero-order valence-corrected chi connectivity index (χ0v) is 16.1. The summed E-state index contributed by atoms with van der Waals surface area (Å²) in [6.07, 6.45) is -6.74. The Morgan fingerprint density at radius 1 is 0.903 bits per heavy atom. The fourth-order valence-electron chi connectivity index (χ4n) is 3.58. The van der Waals surface area contributed by atoms with Gasteiger partial charge in [0.05, 0.1) is 18.2 Å². The Labute approximate surface area is 176 Å². The van der Waals surface area contributed by atoms with E-state index in [4.69, 9.17) is 9.47 Å². The summed E-state index contributed by atoms with van der Waals surface area (Å²) in [6, 6.07) is 8.60. The average molecular weight is 435 g/mol. The van der Waals surface area contributed by atoms with Crippen LogP contribution in [0, 0.1) is 0 Å². The van der Waals surface area contributed by atoms with Gasteiger partial charge in [0.25, 0.3) is 11.9 Å². The highest BCUT2D eigenvalue weighted by molar-refractivity contribution is 5.69. The second-order valence-corrected chi connectivity index (χ2v) is 7.38. The highest BCUT2D eigenvalue weighted by Gasteiger charge is 2.46. The molecule has 31 heavy (non-hydrogen) atoms. The van der Waals surface area contributed by atoms with Crippen LogP contribution < -0.4 is 0 Å². The van der Waals surface area contributed by atoms with E-state index < -0.39 is 43.4 Å². The molecule has 0 aliphatic carbocycles. The van der Waals surface area contributed by atoms with E-state index in [1.54, 1.807) is 12.1 Å². The zero-order valence-electron chi connectivity index (χ0n) is 16.1. The van der Waals surface area contributed by atoms with Crippen LogP contribution in [0.3, 0.4) is 0 Å². The third-order valence-corrected chi connectivity index (χ3v) is 5.25. The molecular weight excluding hydrogens is 412 g/mol. The highest BCUT2D eigenvalue weighted by Crippen LogP contribution is 2.45. The fourth-order valence-corrected chi connectivity index (χ4v) is 3.58. The number of rotatable bonds is 4. The molecule has 0 spiro atoms. The third kappa shape index (κ3) is 3.99. The van der Waals surface area contributed by atoms with Gasteiger partial charge in [-0.05, 0) is 24.3 Å². The Bertz CT molecular complexity index is 971. The summed E-state index contributed by atoms with van der Waals surface area (Å²) >= 11 is 0. The van der Waals surface area contributed by atoms with Crippen LogP contribution in [0.4, 0.5) is 0 Å². The lowest BCUT2D eigenvalue weighted by Gasteiger charge is -2.40. The van der Waals surface area contributed by atoms with Crippen LogP contribution in [-0.2, 0) is 9.47 Å². The molecule has 2 aliphatic rings. The smallest absolute Gasteiger partial charge is 0.270 e. The molecule has 4 rings (SSSR count). The summed E-state index contributed by atoms with van der Waals surface area (Å²) in [6.45, 7) is -0.613. The Balaban J connectivity index is 1.72. The second kappa shape index (κ2) is 8.25. The summed E-state index contributed by atoms with van der Waals surface area (Å²) in [4.78, 5) is 0. The van der Waals surface area contributed by atoms with Crippen molar-refractivity contribution in [1.82, 2.24) is 0 Å². The predicted molar refractivity (Wildman–Crippen MR) is 105 cm³/mol. The SMILES string of the molecule is OC[C@H]1O[C@@H](OC2=Cc3c(O)cc(O)cc3[OH+]C2c2ccc(O)cc2)[C@H](O)[C@@H](O)[C@@H]1O. The Hall–Kier alpha value is -3.02. The minimum Gasteiger partial charge on any atom is -0.571 e. The number of hydrogen-bond donors (Lipinski definition) is 7. The minimum absolute atomic E-state index is 0.0376. The molecule has 1 fully saturated rings. The van der Waals surface area contributed by atoms with Crippen molar-refractivity contribution in [1.29, 1.82) is 0 Å². The van der Waals surface area contributed by atoms with E-state index in [-0.39, 0.29) is 34.3 Å². The lowest BCUT2D eigenvalue weighted by Crippen LogP contribution is -2.59. The van der Waals surface area contributed by atoms with Crippen molar-refractivity contribution in [2.45, 2.75) is 36.8 Å². The molecule has 10 nitrogen and oxygen atoms in total. The molecule has 2 aliphatic heterocycles. The van der Waals surface area contributed by atoms with Gasteiger partial charge < -0.3 is 50.0 Å². The van der Waals surface area contributed by atoms with Crippen molar-refractivity contribution >= 4 is 6.08 Å². The summed E-state index contributed by atoms with van der Waals surface area (Å²) in [5.41, 5.74) is 0.842. The number of phenolic OH excluding ortho intramolecular Hbond substituents is 3. The first-order valence-electron chi connectivity index (χ1n) is 9.53. The molecule has 2 heterocycles. The summed E-state index contributed by atoms with van der Waals surface area (Å²) in [7, 11) is 0. The molecule has 1 saturated heterocycles. The van der Waals surface area contributed by atoms with Crippen LogP contribution in [0.2, 0.25) is 0 Å². The molecule has 6 atom stereocenters. The predicted octanol–water partition coefficient (Wildman–Crippen LogP) is -0.0430.